The van der Waals surface area contributed by atoms with Crippen LogP contribution in [-0.2, 0) is 10.0 Å². The van der Waals surface area contributed by atoms with Crippen LogP contribution in [0.25, 0.3) is 0 Å². The molecule has 3 N–H and O–H groups in total. The van der Waals surface area contributed by atoms with Crippen molar-refractivity contribution in [2.75, 3.05) is 17.2 Å². The van der Waals surface area contributed by atoms with E-state index in [1.165, 1.54) is 6.07 Å². The average molecular weight is 304 g/mol. The first-order chi connectivity index (χ1) is 8.90. The van der Waals surface area contributed by atoms with Crippen LogP contribution >= 0.6 is 11.8 Å². The molecule has 0 atom stereocenters. The van der Waals surface area contributed by atoms with Crippen molar-refractivity contribution in [2.45, 2.75) is 30.7 Å². The van der Waals surface area contributed by atoms with Crippen LogP contribution in [0.3, 0.4) is 0 Å². The minimum atomic E-state index is -3.84. The Morgan fingerprint density at radius 2 is 2.00 bits per heavy atom. The van der Waals surface area contributed by atoms with Gasteiger partial charge in [0.2, 0.25) is 10.0 Å². The fraction of sp³-hybridized carbons (Fsp3) is 0.500. The first kappa shape index (κ1) is 14.6. The van der Waals surface area contributed by atoms with Gasteiger partial charge in [-0.2, -0.15) is 11.8 Å². The highest BCUT2D eigenvalue weighted by Crippen LogP contribution is 2.23. The maximum Gasteiger partial charge on any atom is 0.243 e. The van der Waals surface area contributed by atoms with Crippen LogP contribution in [0, 0.1) is 12.7 Å². The van der Waals surface area contributed by atoms with Gasteiger partial charge in [0.15, 0.2) is 0 Å². The highest BCUT2D eigenvalue weighted by molar-refractivity contribution is 7.99. The van der Waals surface area contributed by atoms with Gasteiger partial charge < -0.3 is 5.73 Å². The molecule has 7 heteroatoms. The molecule has 1 saturated heterocycles. The summed E-state index contributed by atoms with van der Waals surface area (Å²) in [5, 5.41) is 0. The molecule has 19 heavy (non-hydrogen) atoms. The van der Waals surface area contributed by atoms with Crippen LogP contribution in [0.2, 0.25) is 0 Å². The zero-order valence-corrected chi connectivity index (χ0v) is 12.3. The summed E-state index contributed by atoms with van der Waals surface area (Å²) in [4.78, 5) is -0.367. The fourth-order valence-electron chi connectivity index (χ4n) is 1.97. The number of halogens is 1. The van der Waals surface area contributed by atoms with Gasteiger partial charge in [-0.15, -0.1) is 0 Å². The highest BCUT2D eigenvalue weighted by atomic mass is 32.2. The normalized spacial score (nSPS) is 17.6. The number of nitrogen functional groups attached to an aromatic ring is 1. The third kappa shape index (κ3) is 3.40. The van der Waals surface area contributed by atoms with Gasteiger partial charge in [-0.1, -0.05) is 0 Å². The number of aryl methyl sites for hydroxylation is 1. The Kier molecular flexibility index (Phi) is 4.37. The van der Waals surface area contributed by atoms with Crippen molar-refractivity contribution in [3.63, 3.8) is 0 Å². The van der Waals surface area contributed by atoms with Crippen molar-refractivity contribution in [3.05, 3.63) is 23.5 Å². The number of thioether (sulfide) groups is 1. The molecule has 0 radical (unpaired) electrons. The van der Waals surface area contributed by atoms with Crippen LogP contribution < -0.4 is 10.5 Å². The Balaban J connectivity index is 2.26. The van der Waals surface area contributed by atoms with Gasteiger partial charge in [-0.05, 0) is 49.0 Å². The van der Waals surface area contributed by atoms with Gasteiger partial charge in [0.25, 0.3) is 0 Å². The third-order valence-electron chi connectivity index (χ3n) is 3.15. The Bertz CT molecular complexity index is 569. The maximum atomic E-state index is 13.8. The monoisotopic (exact) mass is 304 g/mol. The Labute approximate surface area is 117 Å². The Morgan fingerprint density at radius 3 is 2.63 bits per heavy atom. The molecule has 2 rings (SSSR count). The summed E-state index contributed by atoms with van der Waals surface area (Å²) in [5.74, 6) is 1.08. The van der Waals surface area contributed by atoms with Crippen molar-refractivity contribution in [3.8, 4) is 0 Å². The molecule has 106 valence electrons. The molecular weight excluding hydrogens is 287 g/mol. The minimum absolute atomic E-state index is 0.117. The Morgan fingerprint density at radius 1 is 1.37 bits per heavy atom. The van der Waals surface area contributed by atoms with E-state index in [1.54, 1.807) is 18.7 Å². The van der Waals surface area contributed by atoms with Crippen molar-refractivity contribution in [1.82, 2.24) is 4.72 Å². The summed E-state index contributed by atoms with van der Waals surface area (Å²) in [6.45, 7) is 1.64. The number of nitrogens with one attached hydrogen (secondary N) is 1. The molecule has 1 heterocycles. The predicted octanol–water partition coefficient (Wildman–Crippen LogP) is 1.89. The van der Waals surface area contributed by atoms with Gasteiger partial charge in [-0.3, -0.25) is 0 Å². The molecule has 1 fully saturated rings. The molecule has 1 aromatic carbocycles. The highest BCUT2D eigenvalue weighted by Gasteiger charge is 2.25. The summed E-state index contributed by atoms with van der Waals surface area (Å²) < 4.78 is 40.7. The first-order valence-electron chi connectivity index (χ1n) is 6.06. The van der Waals surface area contributed by atoms with Gasteiger partial charge in [0.05, 0.1) is 0 Å². The number of hydrogen-bond acceptors (Lipinski definition) is 4. The number of benzene rings is 1. The number of rotatable bonds is 3. The van der Waals surface area contributed by atoms with E-state index in [4.69, 9.17) is 5.73 Å². The summed E-state index contributed by atoms with van der Waals surface area (Å²) in [5.41, 5.74) is 6.47. The predicted molar refractivity (Wildman–Crippen MR) is 76.2 cm³/mol. The molecule has 0 spiro atoms. The molecule has 0 aliphatic carbocycles. The van der Waals surface area contributed by atoms with Crippen LogP contribution in [0.5, 0.6) is 0 Å². The second-order valence-electron chi connectivity index (χ2n) is 4.65. The molecule has 0 bridgehead atoms. The first-order valence-corrected chi connectivity index (χ1v) is 8.69. The second kappa shape index (κ2) is 5.68. The van der Waals surface area contributed by atoms with E-state index in [9.17, 15) is 12.8 Å². The van der Waals surface area contributed by atoms with E-state index < -0.39 is 15.8 Å². The van der Waals surface area contributed by atoms with Crippen molar-refractivity contribution >= 4 is 27.5 Å². The lowest BCUT2D eigenvalue weighted by Gasteiger charge is -2.22. The quantitative estimate of drug-likeness (QED) is 0.837. The number of sulfonamides is 1. The number of hydrogen-bond donors (Lipinski definition) is 2. The van der Waals surface area contributed by atoms with Gasteiger partial charge in [0.1, 0.15) is 10.7 Å². The zero-order valence-electron chi connectivity index (χ0n) is 10.6. The molecule has 4 nitrogen and oxygen atoms in total. The summed E-state index contributed by atoms with van der Waals surface area (Å²) >= 11 is 1.80. The molecule has 0 amide bonds. The molecule has 0 aromatic heterocycles. The molecule has 0 saturated carbocycles. The van der Waals surface area contributed by atoms with E-state index in [-0.39, 0.29) is 16.6 Å². The van der Waals surface area contributed by atoms with Crippen LogP contribution in [0.4, 0.5) is 10.1 Å². The van der Waals surface area contributed by atoms with Crippen molar-refractivity contribution < 1.29 is 12.8 Å². The largest absolute Gasteiger partial charge is 0.398 e. The van der Waals surface area contributed by atoms with E-state index >= 15 is 0 Å². The molecule has 0 unspecified atom stereocenters. The lowest BCUT2D eigenvalue weighted by Crippen LogP contribution is -2.37. The SMILES string of the molecule is Cc1cc(F)c(S(=O)(=O)NC2CCSCC2)cc1N. The topological polar surface area (TPSA) is 72.2 Å². The number of nitrogens with two attached hydrogens (primary N) is 1. The summed E-state index contributed by atoms with van der Waals surface area (Å²) in [6, 6.07) is 2.22. The summed E-state index contributed by atoms with van der Waals surface area (Å²) in [6.07, 6.45) is 1.54. The second-order valence-corrected chi connectivity index (χ2v) is 7.55. The van der Waals surface area contributed by atoms with E-state index in [2.05, 4.69) is 4.72 Å². The molecular formula is C12H17FN2O2S2. The van der Waals surface area contributed by atoms with Crippen molar-refractivity contribution in [2.24, 2.45) is 0 Å². The Hall–Kier alpha value is -0.790. The van der Waals surface area contributed by atoms with E-state index in [0.29, 0.717) is 5.56 Å². The van der Waals surface area contributed by atoms with Gasteiger partial charge >= 0.3 is 0 Å². The maximum absolute atomic E-state index is 13.8. The van der Waals surface area contributed by atoms with Crippen LogP contribution in [0.1, 0.15) is 18.4 Å². The van der Waals surface area contributed by atoms with Crippen LogP contribution in [0.15, 0.2) is 17.0 Å². The fourth-order valence-corrected chi connectivity index (χ4v) is 4.48. The van der Waals surface area contributed by atoms with Gasteiger partial charge in [0, 0.05) is 11.7 Å². The smallest absolute Gasteiger partial charge is 0.243 e. The van der Waals surface area contributed by atoms with Crippen molar-refractivity contribution in [1.29, 1.82) is 0 Å². The van der Waals surface area contributed by atoms with Crippen LogP contribution in [-0.4, -0.2) is 26.0 Å². The standard InChI is InChI=1S/C12H17FN2O2S2/c1-8-6-10(13)12(7-11(8)14)19(16,17)15-9-2-4-18-5-3-9/h6-7,9,15H,2-5,14H2,1H3. The number of anilines is 1. The van der Waals surface area contributed by atoms with E-state index in [1.807, 2.05) is 0 Å². The summed E-state index contributed by atoms with van der Waals surface area (Å²) in [7, 11) is -3.84. The lowest BCUT2D eigenvalue weighted by atomic mass is 10.2. The molecule has 1 aliphatic rings. The minimum Gasteiger partial charge on any atom is -0.398 e. The zero-order chi connectivity index (χ0) is 14.0. The molecule has 1 aliphatic heterocycles. The van der Waals surface area contributed by atoms with Gasteiger partial charge in [-0.25, -0.2) is 17.5 Å². The third-order valence-corrected chi connectivity index (χ3v) is 5.74. The average Bonchev–Trinajstić information content (AvgIpc) is 2.34. The van der Waals surface area contributed by atoms with E-state index in [0.717, 1.165) is 30.4 Å². The lowest BCUT2D eigenvalue weighted by molar-refractivity contribution is 0.519. The molecule has 1 aromatic rings.